The summed E-state index contributed by atoms with van der Waals surface area (Å²) in [5.41, 5.74) is 0.900. The molecule has 3 nitrogen and oxygen atoms in total. The number of hydrogen-bond donors (Lipinski definition) is 1. The predicted molar refractivity (Wildman–Crippen MR) is 100 cm³/mol. The van der Waals surface area contributed by atoms with Crippen molar-refractivity contribution in [1.29, 1.82) is 0 Å². The standard InChI is InChI=1S/C19H24F2N2O.ClH/c1-2-24-17-8-7-14-5-3-4-6-15(14)19(17)16(13-18(20)21)23-11-9-22-10-12-23;/h3-8,16,18,22H,2,9-13H2,1H3;1H/t16-;/m0./s1. The lowest BCUT2D eigenvalue weighted by molar-refractivity contribution is 0.0733. The molecule has 1 aliphatic rings. The van der Waals surface area contributed by atoms with Gasteiger partial charge in [0.15, 0.2) is 0 Å². The number of piperazine rings is 1. The highest BCUT2D eigenvalue weighted by atomic mass is 35.5. The summed E-state index contributed by atoms with van der Waals surface area (Å²) in [7, 11) is 0. The van der Waals surface area contributed by atoms with E-state index in [0.29, 0.717) is 6.61 Å². The Balaban J connectivity index is 0.00000225. The van der Waals surface area contributed by atoms with Gasteiger partial charge in [0.2, 0.25) is 6.43 Å². The Hall–Kier alpha value is -1.43. The van der Waals surface area contributed by atoms with Crippen molar-refractivity contribution in [3.8, 4) is 5.75 Å². The van der Waals surface area contributed by atoms with Gasteiger partial charge in [0.05, 0.1) is 6.61 Å². The van der Waals surface area contributed by atoms with Gasteiger partial charge < -0.3 is 10.1 Å². The molecule has 0 unspecified atom stereocenters. The number of nitrogens with one attached hydrogen (secondary N) is 1. The molecular formula is C19H25ClF2N2O. The van der Waals surface area contributed by atoms with Crippen molar-refractivity contribution in [2.45, 2.75) is 25.8 Å². The Labute approximate surface area is 153 Å². The molecule has 1 atom stereocenters. The zero-order valence-electron chi connectivity index (χ0n) is 14.4. The summed E-state index contributed by atoms with van der Waals surface area (Å²) in [5, 5.41) is 5.36. The molecule has 25 heavy (non-hydrogen) atoms. The first-order valence-electron chi connectivity index (χ1n) is 8.58. The summed E-state index contributed by atoms with van der Waals surface area (Å²) in [6.45, 7) is 5.64. The van der Waals surface area contributed by atoms with Gasteiger partial charge in [0, 0.05) is 44.2 Å². The monoisotopic (exact) mass is 370 g/mol. The lowest BCUT2D eigenvalue weighted by Crippen LogP contribution is -2.45. The van der Waals surface area contributed by atoms with Gasteiger partial charge in [-0.05, 0) is 23.8 Å². The third-order valence-corrected chi connectivity index (χ3v) is 4.56. The molecule has 1 heterocycles. The molecular weight excluding hydrogens is 346 g/mol. The Morgan fingerprint density at radius 3 is 2.52 bits per heavy atom. The summed E-state index contributed by atoms with van der Waals surface area (Å²) >= 11 is 0. The fourth-order valence-electron chi connectivity index (χ4n) is 3.51. The summed E-state index contributed by atoms with van der Waals surface area (Å²) in [6, 6.07) is 11.5. The second-order valence-electron chi connectivity index (χ2n) is 6.06. The number of benzene rings is 2. The van der Waals surface area contributed by atoms with Crippen LogP contribution in [-0.4, -0.2) is 44.1 Å². The highest BCUT2D eigenvalue weighted by Crippen LogP contribution is 2.39. The average molecular weight is 371 g/mol. The van der Waals surface area contributed by atoms with Gasteiger partial charge in [0.25, 0.3) is 0 Å². The minimum Gasteiger partial charge on any atom is -0.494 e. The summed E-state index contributed by atoms with van der Waals surface area (Å²) < 4.78 is 32.5. The molecule has 0 bridgehead atoms. The smallest absolute Gasteiger partial charge is 0.240 e. The molecule has 1 aliphatic heterocycles. The highest BCUT2D eigenvalue weighted by molar-refractivity contribution is 5.88. The van der Waals surface area contributed by atoms with Crippen molar-refractivity contribution >= 4 is 23.2 Å². The van der Waals surface area contributed by atoms with Gasteiger partial charge in [-0.1, -0.05) is 30.3 Å². The SMILES string of the molecule is CCOc1ccc2ccccc2c1[C@H](CC(F)F)N1CCNCC1.Cl. The second kappa shape index (κ2) is 9.32. The Morgan fingerprint density at radius 1 is 1.12 bits per heavy atom. The number of alkyl halides is 2. The lowest BCUT2D eigenvalue weighted by atomic mass is 9.94. The molecule has 2 aromatic rings. The zero-order valence-corrected chi connectivity index (χ0v) is 15.2. The molecule has 1 saturated heterocycles. The van der Waals surface area contributed by atoms with E-state index in [-0.39, 0.29) is 24.9 Å². The molecule has 0 spiro atoms. The van der Waals surface area contributed by atoms with E-state index in [1.807, 2.05) is 43.3 Å². The van der Waals surface area contributed by atoms with E-state index in [4.69, 9.17) is 4.74 Å². The van der Waals surface area contributed by atoms with Crippen LogP contribution < -0.4 is 10.1 Å². The van der Waals surface area contributed by atoms with E-state index in [1.54, 1.807) is 0 Å². The normalized spacial score (nSPS) is 16.6. The Kier molecular flexibility index (Phi) is 7.41. The maximum atomic E-state index is 13.4. The van der Waals surface area contributed by atoms with E-state index in [1.165, 1.54) is 0 Å². The van der Waals surface area contributed by atoms with Crippen molar-refractivity contribution in [3.63, 3.8) is 0 Å². The van der Waals surface area contributed by atoms with Gasteiger partial charge >= 0.3 is 0 Å². The third-order valence-electron chi connectivity index (χ3n) is 4.56. The van der Waals surface area contributed by atoms with E-state index >= 15 is 0 Å². The van der Waals surface area contributed by atoms with Crippen molar-refractivity contribution in [1.82, 2.24) is 10.2 Å². The number of nitrogens with zero attached hydrogens (tertiary/aromatic N) is 1. The summed E-state index contributed by atoms with van der Waals surface area (Å²) in [5.74, 6) is 0.723. The van der Waals surface area contributed by atoms with Crippen molar-refractivity contribution in [2.75, 3.05) is 32.8 Å². The predicted octanol–water partition coefficient (Wildman–Crippen LogP) is 4.26. The van der Waals surface area contributed by atoms with Gasteiger partial charge in [-0.15, -0.1) is 12.4 Å². The number of ether oxygens (including phenoxy) is 1. The minimum absolute atomic E-state index is 0. The van der Waals surface area contributed by atoms with E-state index in [0.717, 1.165) is 48.3 Å². The molecule has 6 heteroatoms. The van der Waals surface area contributed by atoms with Crippen LogP contribution >= 0.6 is 12.4 Å². The van der Waals surface area contributed by atoms with Gasteiger partial charge in [-0.2, -0.15) is 0 Å². The zero-order chi connectivity index (χ0) is 16.9. The van der Waals surface area contributed by atoms with Crippen LogP contribution in [0, 0.1) is 0 Å². The lowest BCUT2D eigenvalue weighted by Gasteiger charge is -2.36. The topological polar surface area (TPSA) is 24.5 Å². The molecule has 0 aromatic heterocycles. The Bertz CT molecular complexity index is 678. The molecule has 0 aliphatic carbocycles. The van der Waals surface area contributed by atoms with Gasteiger partial charge in [0.1, 0.15) is 5.75 Å². The van der Waals surface area contributed by atoms with Crippen LogP contribution in [0.4, 0.5) is 8.78 Å². The van der Waals surface area contributed by atoms with Crippen LogP contribution in [0.15, 0.2) is 36.4 Å². The highest BCUT2D eigenvalue weighted by Gasteiger charge is 2.29. The second-order valence-corrected chi connectivity index (χ2v) is 6.06. The molecule has 1 fully saturated rings. The third kappa shape index (κ3) is 4.60. The minimum atomic E-state index is -2.35. The first kappa shape index (κ1) is 19.9. The van der Waals surface area contributed by atoms with Crippen LogP contribution in [0.3, 0.4) is 0 Å². The van der Waals surface area contributed by atoms with E-state index < -0.39 is 6.43 Å². The average Bonchev–Trinajstić information content (AvgIpc) is 2.61. The van der Waals surface area contributed by atoms with Gasteiger partial charge in [-0.3, -0.25) is 4.90 Å². The quantitative estimate of drug-likeness (QED) is 0.822. The van der Waals surface area contributed by atoms with Crippen molar-refractivity contribution < 1.29 is 13.5 Å². The van der Waals surface area contributed by atoms with Crippen molar-refractivity contribution in [3.05, 3.63) is 42.0 Å². The fraction of sp³-hybridized carbons (Fsp3) is 0.474. The molecule has 0 amide bonds. The number of hydrogen-bond acceptors (Lipinski definition) is 3. The van der Waals surface area contributed by atoms with Crippen LogP contribution in [0.2, 0.25) is 0 Å². The number of rotatable bonds is 6. The Morgan fingerprint density at radius 2 is 1.84 bits per heavy atom. The first-order valence-corrected chi connectivity index (χ1v) is 8.58. The fourth-order valence-corrected chi connectivity index (χ4v) is 3.51. The van der Waals surface area contributed by atoms with Crippen LogP contribution in [0.25, 0.3) is 10.8 Å². The largest absolute Gasteiger partial charge is 0.494 e. The van der Waals surface area contributed by atoms with Crippen LogP contribution in [-0.2, 0) is 0 Å². The molecule has 2 aromatic carbocycles. The van der Waals surface area contributed by atoms with E-state index in [9.17, 15) is 8.78 Å². The first-order chi connectivity index (χ1) is 11.7. The molecule has 3 rings (SSSR count). The molecule has 0 saturated carbocycles. The number of halogens is 3. The van der Waals surface area contributed by atoms with Crippen LogP contribution in [0.1, 0.15) is 24.9 Å². The maximum Gasteiger partial charge on any atom is 0.240 e. The molecule has 1 N–H and O–H groups in total. The summed E-state index contributed by atoms with van der Waals surface area (Å²) in [4.78, 5) is 2.16. The maximum absolute atomic E-state index is 13.4. The van der Waals surface area contributed by atoms with Crippen molar-refractivity contribution in [2.24, 2.45) is 0 Å². The molecule has 138 valence electrons. The molecule has 0 radical (unpaired) electrons. The summed E-state index contributed by atoms with van der Waals surface area (Å²) in [6.07, 6.45) is -2.52. The van der Waals surface area contributed by atoms with Gasteiger partial charge in [-0.25, -0.2) is 8.78 Å². The van der Waals surface area contributed by atoms with E-state index in [2.05, 4.69) is 10.2 Å². The van der Waals surface area contributed by atoms with Crippen LogP contribution in [0.5, 0.6) is 5.75 Å². The number of fused-ring (bicyclic) bond motifs is 1.